The Balaban J connectivity index is 1.55. The second-order valence-electron chi connectivity index (χ2n) is 10.4. The molecule has 0 unspecified atom stereocenters. The van der Waals surface area contributed by atoms with Gasteiger partial charge in [-0.15, -0.1) is 0 Å². The van der Waals surface area contributed by atoms with Crippen molar-refractivity contribution < 1.29 is 8.78 Å². The largest absolute Gasteiger partial charge is 0.309 e. The van der Waals surface area contributed by atoms with Crippen molar-refractivity contribution in [3.8, 4) is 33.4 Å². The molecule has 0 saturated carbocycles. The lowest BCUT2D eigenvalue weighted by Crippen LogP contribution is -2.12. The first-order valence-electron chi connectivity index (χ1n) is 14.2. The third kappa shape index (κ3) is 5.06. The summed E-state index contributed by atoms with van der Waals surface area (Å²) in [5.41, 5.74) is 7.86. The number of hydrogen-bond acceptors (Lipinski definition) is 1. The monoisotopic (exact) mass is 559 g/mol. The molecule has 0 aliphatic rings. The SMILES string of the molecule is Fc1ccc(F)c(-c2ccccc2N(c2ccccc2)c2cccc3c(-c4ccccc4)cc(-c4ccccc4)cc23)c1. The van der Waals surface area contributed by atoms with Crippen LogP contribution in [0.4, 0.5) is 25.8 Å². The van der Waals surface area contributed by atoms with E-state index in [9.17, 15) is 4.39 Å². The number of fused-ring (bicyclic) bond motifs is 1. The van der Waals surface area contributed by atoms with Crippen molar-refractivity contribution in [2.45, 2.75) is 0 Å². The minimum atomic E-state index is -0.484. The molecule has 0 atom stereocenters. The van der Waals surface area contributed by atoms with Crippen molar-refractivity contribution in [2.24, 2.45) is 0 Å². The lowest BCUT2D eigenvalue weighted by Gasteiger charge is -2.29. The van der Waals surface area contributed by atoms with Crippen molar-refractivity contribution in [2.75, 3.05) is 4.90 Å². The van der Waals surface area contributed by atoms with Gasteiger partial charge in [-0.1, -0.05) is 109 Å². The molecule has 0 amide bonds. The Morgan fingerprint density at radius 3 is 1.74 bits per heavy atom. The Kier molecular flexibility index (Phi) is 6.98. The molecular weight excluding hydrogens is 532 g/mol. The number of benzene rings is 7. The quantitative estimate of drug-likeness (QED) is 0.196. The number of rotatable bonds is 6. The van der Waals surface area contributed by atoms with E-state index in [-0.39, 0.29) is 5.56 Å². The zero-order chi connectivity index (χ0) is 29.2. The highest BCUT2D eigenvalue weighted by Crippen LogP contribution is 2.46. The van der Waals surface area contributed by atoms with Crippen LogP contribution in [0.1, 0.15) is 0 Å². The summed E-state index contributed by atoms with van der Waals surface area (Å²) in [4.78, 5) is 2.14. The van der Waals surface area contributed by atoms with Gasteiger partial charge in [0, 0.05) is 22.2 Å². The first kappa shape index (κ1) is 26.4. The van der Waals surface area contributed by atoms with Crippen molar-refractivity contribution in [1.82, 2.24) is 0 Å². The Bertz CT molecular complexity index is 2040. The summed E-state index contributed by atoms with van der Waals surface area (Å²) in [6, 6.07) is 52.8. The van der Waals surface area contributed by atoms with E-state index in [1.807, 2.05) is 78.9 Å². The van der Waals surface area contributed by atoms with Crippen LogP contribution in [0.3, 0.4) is 0 Å². The molecule has 0 spiro atoms. The van der Waals surface area contributed by atoms with Gasteiger partial charge in [-0.25, -0.2) is 8.78 Å². The van der Waals surface area contributed by atoms with Gasteiger partial charge in [0.25, 0.3) is 0 Å². The summed E-state index contributed by atoms with van der Waals surface area (Å²) in [6.07, 6.45) is 0. The van der Waals surface area contributed by atoms with Gasteiger partial charge in [0.05, 0.1) is 11.4 Å². The van der Waals surface area contributed by atoms with Crippen molar-refractivity contribution in [3.63, 3.8) is 0 Å². The number of halogens is 2. The molecule has 0 saturated heterocycles. The molecule has 0 radical (unpaired) electrons. The van der Waals surface area contributed by atoms with Crippen LogP contribution in [0.15, 0.2) is 164 Å². The van der Waals surface area contributed by atoms with Crippen LogP contribution in [0.5, 0.6) is 0 Å². The fraction of sp³-hybridized carbons (Fsp3) is 0. The van der Waals surface area contributed by atoms with Gasteiger partial charge in [0.2, 0.25) is 0 Å². The van der Waals surface area contributed by atoms with Crippen LogP contribution in [-0.2, 0) is 0 Å². The highest BCUT2D eigenvalue weighted by molar-refractivity contribution is 6.08. The van der Waals surface area contributed by atoms with E-state index in [2.05, 4.69) is 71.6 Å². The number of anilines is 3. The highest BCUT2D eigenvalue weighted by atomic mass is 19.1. The molecule has 3 heteroatoms. The van der Waals surface area contributed by atoms with E-state index >= 15 is 4.39 Å². The third-order valence-electron chi connectivity index (χ3n) is 7.78. The van der Waals surface area contributed by atoms with E-state index in [0.717, 1.165) is 56.2 Å². The molecule has 7 rings (SSSR count). The Hall–Kier alpha value is -5.54. The average molecular weight is 560 g/mol. The summed E-state index contributed by atoms with van der Waals surface area (Å²) >= 11 is 0. The van der Waals surface area contributed by atoms with E-state index < -0.39 is 11.6 Å². The minimum Gasteiger partial charge on any atom is -0.309 e. The predicted molar refractivity (Wildman–Crippen MR) is 175 cm³/mol. The van der Waals surface area contributed by atoms with Crippen LogP contribution in [0.25, 0.3) is 44.2 Å². The van der Waals surface area contributed by atoms with Crippen LogP contribution in [0.2, 0.25) is 0 Å². The van der Waals surface area contributed by atoms with Gasteiger partial charge in [0.15, 0.2) is 0 Å². The van der Waals surface area contributed by atoms with Gasteiger partial charge in [-0.2, -0.15) is 0 Å². The van der Waals surface area contributed by atoms with Crippen LogP contribution in [0, 0.1) is 11.6 Å². The van der Waals surface area contributed by atoms with E-state index in [0.29, 0.717) is 5.56 Å². The molecule has 0 aliphatic carbocycles. The lowest BCUT2D eigenvalue weighted by molar-refractivity contribution is 0.603. The number of hydrogen-bond donors (Lipinski definition) is 0. The summed E-state index contributed by atoms with van der Waals surface area (Å²) < 4.78 is 29.7. The minimum absolute atomic E-state index is 0.215. The number of nitrogens with zero attached hydrogens (tertiary/aromatic N) is 1. The van der Waals surface area contributed by atoms with Crippen LogP contribution < -0.4 is 4.90 Å². The maximum Gasteiger partial charge on any atom is 0.131 e. The smallest absolute Gasteiger partial charge is 0.131 e. The molecule has 206 valence electrons. The second-order valence-corrected chi connectivity index (χ2v) is 10.4. The third-order valence-corrected chi connectivity index (χ3v) is 7.78. The fourth-order valence-electron chi connectivity index (χ4n) is 5.80. The maximum atomic E-state index is 15.3. The van der Waals surface area contributed by atoms with Gasteiger partial charge < -0.3 is 4.90 Å². The second kappa shape index (κ2) is 11.4. The zero-order valence-electron chi connectivity index (χ0n) is 23.3. The van der Waals surface area contributed by atoms with Gasteiger partial charge in [-0.05, 0) is 82.2 Å². The lowest BCUT2D eigenvalue weighted by atomic mass is 9.91. The topological polar surface area (TPSA) is 3.24 Å². The van der Waals surface area contributed by atoms with Crippen LogP contribution >= 0.6 is 0 Å². The van der Waals surface area contributed by atoms with E-state index in [1.54, 1.807) is 0 Å². The summed E-state index contributed by atoms with van der Waals surface area (Å²) in [6.45, 7) is 0. The predicted octanol–water partition coefficient (Wildman–Crippen LogP) is 11.6. The molecule has 0 aromatic heterocycles. The molecule has 0 fully saturated rings. The van der Waals surface area contributed by atoms with E-state index in [4.69, 9.17) is 0 Å². The molecule has 43 heavy (non-hydrogen) atoms. The van der Waals surface area contributed by atoms with E-state index in [1.165, 1.54) is 12.1 Å². The Morgan fingerprint density at radius 1 is 0.372 bits per heavy atom. The number of para-hydroxylation sites is 2. The maximum absolute atomic E-state index is 15.3. The zero-order valence-corrected chi connectivity index (χ0v) is 23.3. The van der Waals surface area contributed by atoms with Crippen molar-refractivity contribution in [1.29, 1.82) is 0 Å². The van der Waals surface area contributed by atoms with Crippen molar-refractivity contribution in [3.05, 3.63) is 175 Å². The highest BCUT2D eigenvalue weighted by Gasteiger charge is 2.22. The van der Waals surface area contributed by atoms with Gasteiger partial charge >= 0.3 is 0 Å². The Morgan fingerprint density at radius 2 is 1.00 bits per heavy atom. The molecule has 0 heterocycles. The van der Waals surface area contributed by atoms with Gasteiger partial charge in [0.1, 0.15) is 11.6 Å². The molecule has 7 aromatic carbocycles. The standard InChI is InChI=1S/C40H27F2N/c41-31-23-24-38(42)36(27-31)34-19-10-11-21-39(34)43(32-17-8-3-9-18-32)40-22-12-20-33-35(29-15-6-2-7-16-29)25-30(26-37(33)40)28-13-4-1-5-14-28/h1-27H. The summed E-state index contributed by atoms with van der Waals surface area (Å²) in [5.74, 6) is -0.958. The summed E-state index contributed by atoms with van der Waals surface area (Å²) in [7, 11) is 0. The van der Waals surface area contributed by atoms with Gasteiger partial charge in [-0.3, -0.25) is 0 Å². The molecule has 1 nitrogen and oxygen atoms in total. The first-order chi connectivity index (χ1) is 21.2. The summed E-state index contributed by atoms with van der Waals surface area (Å²) in [5, 5.41) is 2.14. The molecule has 0 N–H and O–H groups in total. The molecular formula is C40H27F2N. The molecule has 0 aliphatic heterocycles. The van der Waals surface area contributed by atoms with Crippen molar-refractivity contribution >= 4 is 27.8 Å². The molecule has 7 aromatic rings. The fourth-order valence-corrected chi connectivity index (χ4v) is 5.80. The average Bonchev–Trinajstić information content (AvgIpc) is 3.07. The molecule has 0 bridgehead atoms. The van der Waals surface area contributed by atoms with Crippen LogP contribution in [-0.4, -0.2) is 0 Å². The normalized spacial score (nSPS) is 11.0. The first-order valence-corrected chi connectivity index (χ1v) is 14.2. The Labute approximate surface area is 249 Å².